The van der Waals surface area contributed by atoms with Gasteiger partial charge in [-0.05, 0) is 25.5 Å². The maximum Gasteiger partial charge on any atom is 0.142 e. The molecule has 1 N–H and O–H groups in total. The first-order chi connectivity index (χ1) is 6.76. The predicted molar refractivity (Wildman–Crippen MR) is 56.9 cm³/mol. The minimum Gasteiger partial charge on any atom is -0.382 e. The second-order valence-electron chi connectivity index (χ2n) is 3.38. The van der Waals surface area contributed by atoms with Crippen LogP contribution in [0.15, 0.2) is 18.3 Å². The number of hydrogen-bond acceptors (Lipinski definition) is 3. The van der Waals surface area contributed by atoms with Crippen molar-refractivity contribution in [1.29, 1.82) is 5.26 Å². The second kappa shape index (κ2) is 5.23. The van der Waals surface area contributed by atoms with E-state index in [1.54, 1.807) is 12.3 Å². The van der Waals surface area contributed by atoms with E-state index in [9.17, 15) is 0 Å². The standard InChI is InChI=1S/C11H15N3/c1-3-4-9(2)14-10-5-6-13-11(7-10)8-12/h5-7,9H,3-4H2,1-2H3,(H,13,14). The number of pyridine rings is 1. The molecule has 0 amide bonds. The summed E-state index contributed by atoms with van der Waals surface area (Å²) in [5.41, 5.74) is 1.43. The number of nitriles is 1. The molecule has 3 nitrogen and oxygen atoms in total. The summed E-state index contributed by atoms with van der Waals surface area (Å²) >= 11 is 0. The summed E-state index contributed by atoms with van der Waals surface area (Å²) in [4.78, 5) is 3.91. The van der Waals surface area contributed by atoms with E-state index in [2.05, 4.69) is 24.1 Å². The van der Waals surface area contributed by atoms with Crippen LogP contribution in [-0.2, 0) is 0 Å². The fraction of sp³-hybridized carbons (Fsp3) is 0.455. The summed E-state index contributed by atoms with van der Waals surface area (Å²) in [7, 11) is 0. The maximum absolute atomic E-state index is 8.66. The normalized spacial score (nSPS) is 11.8. The Morgan fingerprint density at radius 2 is 2.43 bits per heavy atom. The Kier molecular flexibility index (Phi) is 3.93. The molecule has 0 saturated carbocycles. The van der Waals surface area contributed by atoms with E-state index >= 15 is 0 Å². The molecule has 0 aliphatic carbocycles. The molecule has 0 aliphatic heterocycles. The Hall–Kier alpha value is -1.56. The Morgan fingerprint density at radius 3 is 3.07 bits per heavy atom. The van der Waals surface area contributed by atoms with Gasteiger partial charge >= 0.3 is 0 Å². The summed E-state index contributed by atoms with van der Waals surface area (Å²) in [5, 5.41) is 12.0. The molecule has 1 atom stereocenters. The van der Waals surface area contributed by atoms with Gasteiger partial charge in [-0.3, -0.25) is 0 Å². The van der Waals surface area contributed by atoms with Crippen molar-refractivity contribution in [2.45, 2.75) is 32.7 Å². The second-order valence-corrected chi connectivity index (χ2v) is 3.38. The van der Waals surface area contributed by atoms with Crippen molar-refractivity contribution in [3.8, 4) is 6.07 Å². The van der Waals surface area contributed by atoms with Gasteiger partial charge in [-0.15, -0.1) is 0 Å². The molecule has 0 fully saturated rings. The molecule has 1 heterocycles. The maximum atomic E-state index is 8.66. The third-order valence-corrected chi connectivity index (χ3v) is 2.01. The van der Waals surface area contributed by atoms with Crippen molar-refractivity contribution in [2.75, 3.05) is 5.32 Å². The summed E-state index contributed by atoms with van der Waals surface area (Å²) < 4.78 is 0. The van der Waals surface area contributed by atoms with Crippen LogP contribution in [0, 0.1) is 11.3 Å². The summed E-state index contributed by atoms with van der Waals surface area (Å²) in [6, 6.07) is 6.11. The van der Waals surface area contributed by atoms with Crippen LogP contribution in [0.4, 0.5) is 5.69 Å². The van der Waals surface area contributed by atoms with Crippen LogP contribution in [0.2, 0.25) is 0 Å². The van der Waals surface area contributed by atoms with Gasteiger partial charge in [-0.1, -0.05) is 13.3 Å². The van der Waals surface area contributed by atoms with Crippen LogP contribution in [0.1, 0.15) is 32.4 Å². The highest BCUT2D eigenvalue weighted by Gasteiger charge is 2.01. The molecule has 74 valence electrons. The van der Waals surface area contributed by atoms with Crippen LogP contribution in [0.5, 0.6) is 0 Å². The number of hydrogen-bond donors (Lipinski definition) is 1. The molecule has 0 saturated heterocycles. The highest BCUT2D eigenvalue weighted by atomic mass is 14.9. The smallest absolute Gasteiger partial charge is 0.142 e. The molecule has 0 aliphatic rings. The van der Waals surface area contributed by atoms with Crippen LogP contribution in [-0.4, -0.2) is 11.0 Å². The lowest BCUT2D eigenvalue weighted by Crippen LogP contribution is -2.14. The van der Waals surface area contributed by atoms with Gasteiger partial charge in [0.1, 0.15) is 11.8 Å². The first kappa shape index (κ1) is 10.5. The fourth-order valence-corrected chi connectivity index (χ4v) is 1.37. The van der Waals surface area contributed by atoms with Crippen LogP contribution in [0.3, 0.4) is 0 Å². The molecular weight excluding hydrogens is 174 g/mol. The number of nitrogens with zero attached hydrogens (tertiary/aromatic N) is 2. The van der Waals surface area contributed by atoms with Crippen molar-refractivity contribution in [2.24, 2.45) is 0 Å². The largest absolute Gasteiger partial charge is 0.382 e. The lowest BCUT2D eigenvalue weighted by Gasteiger charge is -2.13. The molecule has 0 spiro atoms. The van der Waals surface area contributed by atoms with Gasteiger partial charge < -0.3 is 5.32 Å². The van der Waals surface area contributed by atoms with E-state index < -0.39 is 0 Å². The zero-order valence-electron chi connectivity index (χ0n) is 8.62. The zero-order valence-corrected chi connectivity index (χ0v) is 8.62. The summed E-state index contributed by atoms with van der Waals surface area (Å²) in [6.07, 6.45) is 3.94. The zero-order chi connectivity index (χ0) is 10.4. The summed E-state index contributed by atoms with van der Waals surface area (Å²) in [5.74, 6) is 0. The summed E-state index contributed by atoms with van der Waals surface area (Å²) in [6.45, 7) is 4.29. The Balaban J connectivity index is 2.63. The Morgan fingerprint density at radius 1 is 1.64 bits per heavy atom. The third kappa shape index (κ3) is 3.06. The number of aromatic nitrogens is 1. The highest BCUT2D eigenvalue weighted by molar-refractivity contribution is 5.46. The van der Waals surface area contributed by atoms with Gasteiger partial charge in [-0.2, -0.15) is 5.26 Å². The number of rotatable bonds is 4. The molecule has 0 aromatic carbocycles. The Bertz CT molecular complexity index is 328. The van der Waals surface area contributed by atoms with Crippen molar-refractivity contribution in [3.05, 3.63) is 24.0 Å². The first-order valence-electron chi connectivity index (χ1n) is 4.89. The van der Waals surface area contributed by atoms with Crippen molar-refractivity contribution in [3.63, 3.8) is 0 Å². The molecule has 1 aromatic rings. The monoisotopic (exact) mass is 189 g/mol. The average molecular weight is 189 g/mol. The molecular formula is C11H15N3. The van der Waals surface area contributed by atoms with Crippen LogP contribution >= 0.6 is 0 Å². The van der Waals surface area contributed by atoms with Gasteiger partial charge in [0.05, 0.1) is 0 Å². The quantitative estimate of drug-likeness (QED) is 0.791. The molecule has 0 radical (unpaired) electrons. The Labute approximate surface area is 84.8 Å². The molecule has 1 unspecified atom stereocenters. The van der Waals surface area contributed by atoms with Crippen LogP contribution < -0.4 is 5.32 Å². The first-order valence-corrected chi connectivity index (χ1v) is 4.89. The molecule has 1 rings (SSSR count). The van der Waals surface area contributed by atoms with Gasteiger partial charge in [0.15, 0.2) is 0 Å². The predicted octanol–water partition coefficient (Wildman–Crippen LogP) is 2.55. The van der Waals surface area contributed by atoms with Gasteiger partial charge in [0.2, 0.25) is 0 Å². The van der Waals surface area contributed by atoms with E-state index in [1.165, 1.54) is 0 Å². The SMILES string of the molecule is CCCC(C)Nc1ccnc(C#N)c1. The van der Waals surface area contributed by atoms with Gasteiger partial charge in [0, 0.05) is 17.9 Å². The molecule has 0 bridgehead atoms. The number of anilines is 1. The van der Waals surface area contributed by atoms with Gasteiger partial charge in [0.25, 0.3) is 0 Å². The lowest BCUT2D eigenvalue weighted by atomic mass is 10.2. The minimum absolute atomic E-state index is 0.439. The van der Waals surface area contributed by atoms with E-state index in [0.717, 1.165) is 18.5 Å². The minimum atomic E-state index is 0.439. The van der Waals surface area contributed by atoms with Gasteiger partial charge in [-0.25, -0.2) is 4.98 Å². The van der Waals surface area contributed by atoms with E-state index in [1.807, 2.05) is 12.1 Å². The highest BCUT2D eigenvalue weighted by Crippen LogP contribution is 2.10. The molecule has 3 heteroatoms. The van der Waals surface area contributed by atoms with Crippen LogP contribution in [0.25, 0.3) is 0 Å². The van der Waals surface area contributed by atoms with E-state index in [4.69, 9.17) is 5.26 Å². The fourth-order valence-electron chi connectivity index (χ4n) is 1.37. The number of nitrogens with one attached hydrogen (secondary N) is 1. The third-order valence-electron chi connectivity index (χ3n) is 2.01. The molecule has 1 aromatic heterocycles. The lowest BCUT2D eigenvalue weighted by molar-refractivity contribution is 0.690. The molecule has 14 heavy (non-hydrogen) atoms. The van der Waals surface area contributed by atoms with Crippen molar-refractivity contribution >= 4 is 5.69 Å². The average Bonchev–Trinajstić information content (AvgIpc) is 2.18. The van der Waals surface area contributed by atoms with E-state index in [0.29, 0.717) is 11.7 Å². The topological polar surface area (TPSA) is 48.7 Å². The van der Waals surface area contributed by atoms with Crippen molar-refractivity contribution in [1.82, 2.24) is 4.98 Å². The van der Waals surface area contributed by atoms with E-state index in [-0.39, 0.29) is 0 Å². The van der Waals surface area contributed by atoms with Crippen molar-refractivity contribution < 1.29 is 0 Å².